The zero-order valence-electron chi connectivity index (χ0n) is 10.1. The number of hydrogen-bond acceptors (Lipinski definition) is 5. The number of unbranched alkanes of at least 4 members (excludes halogenated alkanes) is 1. The highest BCUT2D eigenvalue weighted by Crippen LogP contribution is 2.23. The van der Waals surface area contributed by atoms with Crippen LogP contribution in [0.1, 0.15) is 31.9 Å². The van der Waals surface area contributed by atoms with Gasteiger partial charge in [0.2, 0.25) is 5.91 Å². The van der Waals surface area contributed by atoms with Crippen molar-refractivity contribution in [3.05, 3.63) is 24.2 Å². The van der Waals surface area contributed by atoms with Crippen molar-refractivity contribution in [1.29, 1.82) is 0 Å². The van der Waals surface area contributed by atoms with Crippen molar-refractivity contribution in [1.82, 2.24) is 5.32 Å². The summed E-state index contributed by atoms with van der Waals surface area (Å²) in [4.78, 5) is 11.6. The van der Waals surface area contributed by atoms with Gasteiger partial charge >= 0.3 is 0 Å². The molecule has 6 heteroatoms. The second-order valence-corrected chi connectivity index (χ2v) is 5.09. The lowest BCUT2D eigenvalue weighted by Gasteiger charge is -2.01. The quantitative estimate of drug-likeness (QED) is 0.656. The molecule has 5 nitrogen and oxygen atoms in total. The van der Waals surface area contributed by atoms with Crippen LogP contribution in [0.5, 0.6) is 0 Å². The molecule has 2 heterocycles. The Labute approximate surface area is 110 Å². The Morgan fingerprint density at radius 2 is 2.50 bits per heavy atom. The summed E-state index contributed by atoms with van der Waals surface area (Å²) in [6.07, 6.45) is 6.11. The van der Waals surface area contributed by atoms with E-state index in [9.17, 15) is 4.79 Å². The summed E-state index contributed by atoms with van der Waals surface area (Å²) in [5, 5.41) is 11.1. The molecular weight excluding hydrogens is 250 g/mol. The van der Waals surface area contributed by atoms with Crippen molar-refractivity contribution in [2.75, 3.05) is 0 Å². The molecule has 0 aromatic carbocycles. The zero-order valence-corrected chi connectivity index (χ0v) is 10.9. The molecule has 18 heavy (non-hydrogen) atoms. The van der Waals surface area contributed by atoms with Gasteiger partial charge in [0.1, 0.15) is 5.76 Å². The second-order valence-electron chi connectivity index (χ2n) is 3.90. The molecule has 0 bridgehead atoms. The van der Waals surface area contributed by atoms with Crippen molar-refractivity contribution >= 4 is 29.1 Å². The molecule has 1 amide bonds. The third-order valence-electron chi connectivity index (χ3n) is 2.47. The van der Waals surface area contributed by atoms with Gasteiger partial charge in [-0.25, -0.2) is 0 Å². The van der Waals surface area contributed by atoms with Gasteiger partial charge in [-0.05, 0) is 18.6 Å². The van der Waals surface area contributed by atoms with E-state index in [1.807, 2.05) is 0 Å². The first kappa shape index (κ1) is 12.9. The summed E-state index contributed by atoms with van der Waals surface area (Å²) < 4.78 is 5.08. The number of furan rings is 1. The number of carbonyl (C=O) groups excluding carboxylic acids is 1. The third kappa shape index (κ3) is 3.46. The fourth-order valence-electron chi connectivity index (χ4n) is 1.53. The molecule has 1 N–H and O–H groups in total. The summed E-state index contributed by atoms with van der Waals surface area (Å²) in [6, 6.07) is 3.56. The van der Waals surface area contributed by atoms with Gasteiger partial charge in [-0.2, -0.15) is 5.10 Å². The summed E-state index contributed by atoms with van der Waals surface area (Å²) in [6.45, 7) is 2.11. The maximum absolute atomic E-state index is 11.6. The molecule has 1 fully saturated rings. The van der Waals surface area contributed by atoms with E-state index >= 15 is 0 Å². The Hall–Kier alpha value is -1.56. The van der Waals surface area contributed by atoms with Crippen molar-refractivity contribution in [2.45, 2.75) is 31.4 Å². The third-order valence-corrected chi connectivity index (χ3v) is 3.61. The smallest absolute Gasteiger partial charge is 0.239 e. The zero-order chi connectivity index (χ0) is 12.8. The monoisotopic (exact) mass is 265 g/mol. The van der Waals surface area contributed by atoms with E-state index < -0.39 is 0 Å². The number of thioether (sulfide) groups is 1. The Morgan fingerprint density at radius 3 is 3.22 bits per heavy atom. The average Bonchev–Trinajstić information content (AvgIpc) is 2.97. The highest BCUT2D eigenvalue weighted by atomic mass is 32.2. The first-order valence-electron chi connectivity index (χ1n) is 5.91. The van der Waals surface area contributed by atoms with Crippen LogP contribution in [-0.2, 0) is 4.79 Å². The lowest BCUT2D eigenvalue weighted by molar-refractivity contribution is -0.118. The molecule has 1 aliphatic heterocycles. The molecule has 0 spiro atoms. The van der Waals surface area contributed by atoms with Crippen LogP contribution in [0.25, 0.3) is 0 Å². The van der Waals surface area contributed by atoms with Crippen molar-refractivity contribution in [3.63, 3.8) is 0 Å². The highest BCUT2D eigenvalue weighted by Gasteiger charge is 2.29. The lowest BCUT2D eigenvalue weighted by atomic mass is 10.2. The van der Waals surface area contributed by atoms with Crippen LogP contribution in [0.15, 0.2) is 33.0 Å². The Morgan fingerprint density at radius 1 is 1.61 bits per heavy atom. The minimum atomic E-state index is -0.0255. The Bertz CT molecular complexity index is 454. The van der Waals surface area contributed by atoms with E-state index in [0.717, 1.165) is 19.3 Å². The molecule has 1 atom stereocenters. The molecular formula is C12H15N3O2S. The number of rotatable bonds is 5. The number of carbonyl (C=O) groups is 1. The molecule has 1 saturated heterocycles. The average molecular weight is 265 g/mol. The molecule has 1 unspecified atom stereocenters. The van der Waals surface area contributed by atoms with Gasteiger partial charge < -0.3 is 9.73 Å². The fraction of sp³-hybridized carbons (Fsp3) is 0.417. The number of nitrogens with one attached hydrogen (secondary N) is 1. The summed E-state index contributed by atoms with van der Waals surface area (Å²) in [7, 11) is 0. The van der Waals surface area contributed by atoms with Gasteiger partial charge in [0.15, 0.2) is 5.17 Å². The van der Waals surface area contributed by atoms with Crippen LogP contribution in [0.2, 0.25) is 0 Å². The summed E-state index contributed by atoms with van der Waals surface area (Å²) >= 11 is 1.44. The van der Waals surface area contributed by atoms with Gasteiger partial charge in [-0.1, -0.05) is 31.5 Å². The number of nitrogens with zero attached hydrogens (tertiary/aromatic N) is 2. The Kier molecular flexibility index (Phi) is 4.58. The largest absolute Gasteiger partial charge is 0.463 e. The van der Waals surface area contributed by atoms with Crippen LogP contribution < -0.4 is 5.32 Å². The minimum Gasteiger partial charge on any atom is -0.463 e. The molecule has 2 rings (SSSR count). The Balaban J connectivity index is 1.89. The van der Waals surface area contributed by atoms with Crippen LogP contribution in [0.4, 0.5) is 0 Å². The maximum atomic E-state index is 11.6. The summed E-state index contributed by atoms with van der Waals surface area (Å²) in [5.74, 6) is 0.664. The number of amides is 1. The van der Waals surface area contributed by atoms with E-state index in [2.05, 4.69) is 22.4 Å². The topological polar surface area (TPSA) is 67.0 Å². The van der Waals surface area contributed by atoms with Crippen molar-refractivity contribution in [2.24, 2.45) is 10.2 Å². The van der Waals surface area contributed by atoms with E-state index in [1.54, 1.807) is 18.4 Å². The predicted octanol–water partition coefficient (Wildman–Crippen LogP) is 2.39. The molecule has 1 aromatic rings. The molecule has 1 aromatic heterocycles. The van der Waals surface area contributed by atoms with Crippen molar-refractivity contribution < 1.29 is 9.21 Å². The van der Waals surface area contributed by atoms with Gasteiger partial charge in [-0.15, -0.1) is 5.10 Å². The standard InChI is InChI=1S/C12H15N3O2S/c1-2-3-6-10-11(16)14-12(18-10)15-13-8-9-5-4-7-17-9/h4-5,7-8,10H,2-3,6H2,1H3,(H,14,15,16). The van der Waals surface area contributed by atoms with Crippen molar-refractivity contribution in [3.8, 4) is 0 Å². The first-order valence-corrected chi connectivity index (χ1v) is 6.79. The maximum Gasteiger partial charge on any atom is 0.239 e. The molecule has 96 valence electrons. The van der Waals surface area contributed by atoms with Gasteiger partial charge in [0.05, 0.1) is 17.7 Å². The van der Waals surface area contributed by atoms with Gasteiger partial charge in [0, 0.05) is 0 Å². The lowest BCUT2D eigenvalue weighted by Crippen LogP contribution is -2.24. The van der Waals surface area contributed by atoms with E-state index in [-0.39, 0.29) is 11.2 Å². The van der Waals surface area contributed by atoms with Gasteiger partial charge in [-0.3, -0.25) is 4.79 Å². The molecule has 0 radical (unpaired) electrons. The molecule has 0 aliphatic carbocycles. The number of hydrogen-bond donors (Lipinski definition) is 1. The van der Waals surface area contributed by atoms with Crippen LogP contribution >= 0.6 is 11.8 Å². The molecule has 1 aliphatic rings. The number of amidine groups is 1. The highest BCUT2D eigenvalue weighted by molar-refractivity contribution is 8.15. The SMILES string of the molecule is CCCCC1SC(=NN=Cc2ccco2)NC1=O. The van der Waals surface area contributed by atoms with E-state index in [1.165, 1.54) is 18.0 Å². The first-order chi connectivity index (χ1) is 8.79. The van der Waals surface area contributed by atoms with E-state index in [4.69, 9.17) is 4.42 Å². The van der Waals surface area contributed by atoms with Crippen LogP contribution in [0.3, 0.4) is 0 Å². The normalized spacial score (nSPS) is 21.9. The fourth-order valence-corrected chi connectivity index (χ4v) is 2.51. The van der Waals surface area contributed by atoms with Gasteiger partial charge in [0.25, 0.3) is 0 Å². The van der Waals surface area contributed by atoms with Crippen LogP contribution in [0, 0.1) is 0 Å². The van der Waals surface area contributed by atoms with E-state index in [0.29, 0.717) is 10.9 Å². The summed E-state index contributed by atoms with van der Waals surface area (Å²) in [5.41, 5.74) is 0. The minimum absolute atomic E-state index is 0.0255. The second kappa shape index (κ2) is 6.39. The predicted molar refractivity (Wildman–Crippen MR) is 72.8 cm³/mol. The molecule has 0 saturated carbocycles. The van der Waals surface area contributed by atoms with Crippen LogP contribution in [-0.4, -0.2) is 22.5 Å².